The van der Waals surface area contributed by atoms with Crippen LogP contribution in [0.2, 0.25) is 36.3 Å². The summed E-state index contributed by atoms with van der Waals surface area (Å²) in [4.78, 5) is 11.8. The highest BCUT2D eigenvalue weighted by Gasteiger charge is 2.42. The van der Waals surface area contributed by atoms with Crippen LogP contribution in [0, 0.1) is 5.92 Å². The van der Waals surface area contributed by atoms with Gasteiger partial charge in [0.1, 0.15) is 11.5 Å². The molecule has 7 heteroatoms. The molecule has 32 heavy (non-hydrogen) atoms. The Hall–Kier alpha value is -1.48. The van der Waals surface area contributed by atoms with Crippen molar-refractivity contribution in [1.29, 1.82) is 0 Å². The molecule has 0 unspecified atom stereocenters. The van der Waals surface area contributed by atoms with Crippen LogP contribution in [0.25, 0.3) is 0 Å². The lowest BCUT2D eigenvalue weighted by Gasteiger charge is -2.39. The van der Waals surface area contributed by atoms with Gasteiger partial charge in [-0.15, -0.1) is 0 Å². The third kappa shape index (κ3) is 8.47. The molecule has 0 heterocycles. The summed E-state index contributed by atoms with van der Waals surface area (Å²) in [5.41, 5.74) is 1.10. The van der Waals surface area contributed by atoms with E-state index in [9.17, 15) is 4.79 Å². The molecule has 0 atom stereocenters. The van der Waals surface area contributed by atoms with E-state index < -0.39 is 16.6 Å². The minimum absolute atomic E-state index is 0.0823. The maximum absolute atomic E-state index is 11.8. The average molecular weight is 482 g/mol. The molecule has 5 nitrogen and oxygen atoms in total. The van der Waals surface area contributed by atoms with Gasteiger partial charge in [0.15, 0.2) is 0 Å². The van der Waals surface area contributed by atoms with Crippen LogP contribution in [-0.4, -0.2) is 35.9 Å². The van der Waals surface area contributed by atoms with Crippen LogP contribution in [-0.2, 0) is 11.2 Å². The van der Waals surface area contributed by atoms with Crippen molar-refractivity contribution in [2.24, 2.45) is 5.92 Å². The van der Waals surface area contributed by atoms with Crippen molar-refractivity contribution in [3.63, 3.8) is 0 Å². The highest BCUT2D eigenvalue weighted by Crippen LogP contribution is 2.43. The number of hydrogen-bond donors (Lipinski definition) is 1. The zero-order valence-corrected chi connectivity index (χ0v) is 24.6. The zero-order valence-electron chi connectivity index (χ0n) is 22.6. The highest BCUT2D eigenvalue weighted by molar-refractivity contribution is 6.75. The highest BCUT2D eigenvalue weighted by atomic mass is 28.4. The molecular formula is C25H47NO4Si2. The van der Waals surface area contributed by atoms with Crippen LogP contribution in [0.4, 0.5) is 4.79 Å². The van der Waals surface area contributed by atoms with E-state index >= 15 is 0 Å². The summed E-state index contributed by atoms with van der Waals surface area (Å²) in [6.45, 7) is 27.4. The van der Waals surface area contributed by atoms with Gasteiger partial charge in [0, 0.05) is 6.54 Å². The van der Waals surface area contributed by atoms with Crippen molar-refractivity contribution in [2.45, 2.75) is 98.1 Å². The molecule has 0 spiro atoms. The monoisotopic (exact) mass is 481 g/mol. The summed E-state index contributed by atoms with van der Waals surface area (Å²) in [5.74, 6) is 1.97. The Balaban J connectivity index is 3.08. The second kappa shape index (κ2) is 10.6. The fraction of sp³-hybridized carbons (Fsp3) is 0.720. The molecule has 0 saturated heterocycles. The second-order valence-electron chi connectivity index (χ2n) is 12.2. The molecule has 0 aliphatic carbocycles. The first kappa shape index (κ1) is 28.6. The number of ether oxygens (including phenoxy) is 1. The van der Waals surface area contributed by atoms with Gasteiger partial charge in [-0.25, -0.2) is 4.79 Å². The van der Waals surface area contributed by atoms with E-state index in [1.54, 1.807) is 0 Å². The Labute approximate surface area is 198 Å². The van der Waals surface area contributed by atoms with Crippen molar-refractivity contribution >= 4 is 22.7 Å². The molecule has 1 aromatic rings. The standard InChI is InChI=1S/C25H47NO4Si2/c1-19(2)18-28-23(27)26-16-15-20-13-14-21(29-31(9,10)24(3,4)5)22(17-20)30-32(11,12)25(6,7)8/h13-14,17,19H,15-16,18H2,1-12H3,(H,26,27). The first-order valence-corrected chi connectivity index (χ1v) is 17.6. The zero-order chi connectivity index (χ0) is 25.0. The predicted octanol–water partition coefficient (Wildman–Crippen LogP) is 7.38. The molecule has 0 aliphatic rings. The number of amides is 1. The van der Waals surface area contributed by atoms with Crippen LogP contribution in [0.5, 0.6) is 11.5 Å². The smallest absolute Gasteiger partial charge is 0.407 e. The van der Waals surface area contributed by atoms with Gasteiger partial charge in [-0.2, -0.15) is 0 Å². The Morgan fingerprint density at radius 1 is 0.906 bits per heavy atom. The van der Waals surface area contributed by atoms with Gasteiger partial charge in [0.2, 0.25) is 0 Å². The maximum atomic E-state index is 11.8. The number of hydrogen-bond acceptors (Lipinski definition) is 4. The predicted molar refractivity (Wildman–Crippen MR) is 140 cm³/mol. The molecule has 0 saturated carbocycles. The first-order chi connectivity index (χ1) is 14.4. The molecule has 1 rings (SSSR count). The molecule has 1 amide bonds. The van der Waals surface area contributed by atoms with Crippen molar-refractivity contribution in [1.82, 2.24) is 5.32 Å². The van der Waals surface area contributed by atoms with Gasteiger partial charge in [-0.3, -0.25) is 0 Å². The summed E-state index contributed by atoms with van der Waals surface area (Å²) in [6.07, 6.45) is 0.333. The fourth-order valence-electron chi connectivity index (χ4n) is 2.33. The van der Waals surface area contributed by atoms with E-state index in [0.717, 1.165) is 17.1 Å². The van der Waals surface area contributed by atoms with Gasteiger partial charge in [-0.1, -0.05) is 61.5 Å². The maximum Gasteiger partial charge on any atom is 0.407 e. The van der Waals surface area contributed by atoms with Gasteiger partial charge in [-0.05, 0) is 66.3 Å². The average Bonchev–Trinajstić information content (AvgIpc) is 2.59. The third-order valence-electron chi connectivity index (χ3n) is 6.58. The molecule has 0 radical (unpaired) electrons. The van der Waals surface area contributed by atoms with Gasteiger partial charge in [0.25, 0.3) is 16.6 Å². The van der Waals surface area contributed by atoms with Gasteiger partial charge < -0.3 is 18.9 Å². The van der Waals surface area contributed by atoms with Crippen LogP contribution in [0.3, 0.4) is 0 Å². The lowest BCUT2D eigenvalue weighted by atomic mass is 10.1. The molecule has 1 aromatic carbocycles. The number of carbonyl (C=O) groups is 1. The lowest BCUT2D eigenvalue weighted by molar-refractivity contribution is 0.133. The summed E-state index contributed by atoms with van der Waals surface area (Å²) >= 11 is 0. The Morgan fingerprint density at radius 2 is 1.41 bits per heavy atom. The number of benzene rings is 1. The molecule has 0 aromatic heterocycles. The normalized spacial score (nSPS) is 13.2. The van der Waals surface area contributed by atoms with Crippen molar-refractivity contribution in [3.8, 4) is 11.5 Å². The molecule has 0 bridgehead atoms. The van der Waals surface area contributed by atoms with E-state index in [1.807, 2.05) is 19.9 Å². The van der Waals surface area contributed by atoms with E-state index in [2.05, 4.69) is 85.2 Å². The number of nitrogens with one attached hydrogen (secondary N) is 1. The minimum atomic E-state index is -2.05. The van der Waals surface area contributed by atoms with Crippen molar-refractivity contribution < 1.29 is 18.4 Å². The van der Waals surface area contributed by atoms with Crippen LogP contribution < -0.4 is 14.2 Å². The van der Waals surface area contributed by atoms with Crippen LogP contribution in [0.1, 0.15) is 61.0 Å². The minimum Gasteiger partial charge on any atom is -0.541 e. The molecule has 1 N–H and O–H groups in total. The first-order valence-electron chi connectivity index (χ1n) is 11.8. The van der Waals surface area contributed by atoms with E-state index in [4.69, 9.17) is 13.6 Å². The van der Waals surface area contributed by atoms with E-state index in [0.29, 0.717) is 25.5 Å². The Bertz CT molecular complexity index is 762. The van der Waals surface area contributed by atoms with Gasteiger partial charge in [0.05, 0.1) is 6.61 Å². The number of alkyl carbamates (subject to hydrolysis) is 1. The Kier molecular flexibility index (Phi) is 9.49. The second-order valence-corrected chi connectivity index (χ2v) is 21.6. The summed E-state index contributed by atoms with van der Waals surface area (Å²) in [7, 11) is -4.06. The van der Waals surface area contributed by atoms with E-state index in [1.165, 1.54) is 0 Å². The summed E-state index contributed by atoms with van der Waals surface area (Å²) in [5, 5.41) is 3.01. The van der Waals surface area contributed by atoms with Crippen LogP contribution in [0.15, 0.2) is 18.2 Å². The SMILES string of the molecule is CC(C)COC(=O)NCCc1ccc(O[Si](C)(C)C(C)(C)C)c(O[Si](C)(C)C(C)(C)C)c1. The molecule has 184 valence electrons. The van der Waals surface area contributed by atoms with Gasteiger partial charge >= 0.3 is 6.09 Å². The van der Waals surface area contributed by atoms with Crippen molar-refractivity contribution in [2.75, 3.05) is 13.2 Å². The van der Waals surface area contributed by atoms with E-state index in [-0.39, 0.29) is 16.2 Å². The van der Waals surface area contributed by atoms with Crippen molar-refractivity contribution in [3.05, 3.63) is 23.8 Å². The summed E-state index contributed by atoms with van der Waals surface area (Å²) in [6, 6.07) is 6.20. The molecule has 0 fully saturated rings. The molecular weight excluding hydrogens is 434 g/mol. The quantitative estimate of drug-likeness (QED) is 0.374. The van der Waals surface area contributed by atoms with Crippen LogP contribution >= 0.6 is 0 Å². The summed E-state index contributed by atoms with van der Waals surface area (Å²) < 4.78 is 18.6. The number of carbonyl (C=O) groups excluding carboxylic acids is 1. The topological polar surface area (TPSA) is 56.8 Å². The fourth-order valence-corrected chi connectivity index (χ4v) is 4.37. The largest absolute Gasteiger partial charge is 0.541 e. The number of rotatable bonds is 9. The molecule has 0 aliphatic heterocycles. The lowest BCUT2D eigenvalue weighted by Crippen LogP contribution is -2.45. The third-order valence-corrected chi connectivity index (χ3v) is 15.3. The Morgan fingerprint density at radius 3 is 1.88 bits per heavy atom.